The molecule has 4 heterocycles. The van der Waals surface area contributed by atoms with Crippen LogP contribution in [0.5, 0.6) is 5.75 Å². The van der Waals surface area contributed by atoms with Gasteiger partial charge in [-0.3, -0.25) is 14.4 Å². The van der Waals surface area contributed by atoms with Crippen LogP contribution in [-0.2, 0) is 4.79 Å². The summed E-state index contributed by atoms with van der Waals surface area (Å²) in [5, 5.41) is 4.28. The highest BCUT2D eigenvalue weighted by atomic mass is 19.1. The molecule has 1 saturated heterocycles. The molecule has 0 saturated carbocycles. The molecule has 0 unspecified atom stereocenters. The van der Waals surface area contributed by atoms with E-state index in [0.29, 0.717) is 29.6 Å². The number of hydrogen-bond acceptors (Lipinski definition) is 6. The number of methoxy groups -OCH3 is 1. The van der Waals surface area contributed by atoms with Gasteiger partial charge in [0, 0.05) is 37.9 Å². The predicted octanol–water partition coefficient (Wildman–Crippen LogP) is 2.06. The lowest BCUT2D eigenvalue weighted by Gasteiger charge is -2.34. The van der Waals surface area contributed by atoms with E-state index >= 15 is 0 Å². The zero-order chi connectivity index (χ0) is 24.5. The number of piperazine rings is 1. The number of rotatable bonds is 5. The van der Waals surface area contributed by atoms with Crippen molar-refractivity contribution in [2.75, 3.05) is 33.3 Å². The van der Waals surface area contributed by atoms with Gasteiger partial charge in [-0.05, 0) is 12.1 Å². The van der Waals surface area contributed by atoms with Crippen molar-refractivity contribution in [1.29, 1.82) is 0 Å². The van der Waals surface area contributed by atoms with E-state index in [0.717, 1.165) is 12.4 Å². The van der Waals surface area contributed by atoms with Gasteiger partial charge >= 0.3 is 0 Å². The summed E-state index contributed by atoms with van der Waals surface area (Å²) in [6.07, 6.45) is 4.99. The number of nitrogens with zero attached hydrogens (tertiary/aromatic N) is 5. The van der Waals surface area contributed by atoms with Crippen molar-refractivity contribution in [1.82, 2.24) is 29.5 Å². The molecule has 1 aliphatic heterocycles. The van der Waals surface area contributed by atoms with Crippen LogP contribution in [0.4, 0.5) is 4.39 Å². The molecule has 1 fully saturated rings. The van der Waals surface area contributed by atoms with Crippen molar-refractivity contribution in [2.24, 2.45) is 0 Å². The number of hydrogen-bond donors (Lipinski definition) is 1. The summed E-state index contributed by atoms with van der Waals surface area (Å²) in [6, 6.07) is 8.92. The number of ether oxygens (including phenoxy) is 1. The smallest absolute Gasteiger partial charge is 0.295 e. The van der Waals surface area contributed by atoms with Gasteiger partial charge < -0.3 is 19.5 Å². The Morgan fingerprint density at radius 2 is 1.74 bits per heavy atom. The van der Waals surface area contributed by atoms with Crippen LogP contribution in [0, 0.1) is 5.82 Å². The molecule has 1 N–H and O–H groups in total. The first-order valence-electron chi connectivity index (χ1n) is 10.9. The SMILES string of the molecule is COc1cnc(-n2cc(F)cn2)c2[nH]cc(C(=O)C(=O)N3CCN(C(=O)c4ccccc4)CC3)c12. The van der Waals surface area contributed by atoms with Gasteiger partial charge in [0.15, 0.2) is 11.6 Å². The normalized spacial score (nSPS) is 13.8. The number of aromatic amines is 1. The van der Waals surface area contributed by atoms with Gasteiger partial charge in [0.1, 0.15) is 5.75 Å². The number of Topliss-reactive ketones (excluding diaryl/α,β-unsaturated/α-hetero) is 1. The molecule has 1 aliphatic rings. The van der Waals surface area contributed by atoms with Crippen molar-refractivity contribution in [3.05, 3.63) is 72.1 Å². The fraction of sp³-hybridized carbons (Fsp3) is 0.208. The summed E-state index contributed by atoms with van der Waals surface area (Å²) >= 11 is 0. The minimum Gasteiger partial charge on any atom is -0.494 e. The van der Waals surface area contributed by atoms with E-state index in [-0.39, 0.29) is 36.1 Å². The number of carbonyl (C=O) groups is 3. The third-order valence-electron chi connectivity index (χ3n) is 5.96. The molecule has 0 bridgehead atoms. The molecule has 35 heavy (non-hydrogen) atoms. The number of fused-ring (bicyclic) bond motifs is 1. The Balaban J connectivity index is 1.37. The number of halogens is 1. The minimum absolute atomic E-state index is 0.111. The van der Waals surface area contributed by atoms with Crippen LogP contribution in [0.1, 0.15) is 20.7 Å². The number of amides is 2. The van der Waals surface area contributed by atoms with E-state index in [1.54, 1.807) is 29.2 Å². The van der Waals surface area contributed by atoms with E-state index < -0.39 is 17.5 Å². The topological polar surface area (TPSA) is 113 Å². The van der Waals surface area contributed by atoms with Crippen molar-refractivity contribution in [3.63, 3.8) is 0 Å². The highest BCUT2D eigenvalue weighted by molar-refractivity contribution is 6.45. The second kappa shape index (κ2) is 9.01. The maximum absolute atomic E-state index is 13.5. The lowest BCUT2D eigenvalue weighted by molar-refractivity contribution is -0.127. The van der Waals surface area contributed by atoms with E-state index in [2.05, 4.69) is 15.1 Å². The molecule has 2 amide bonds. The van der Waals surface area contributed by atoms with Gasteiger partial charge in [-0.15, -0.1) is 0 Å². The van der Waals surface area contributed by atoms with Gasteiger partial charge in [0.05, 0.1) is 42.2 Å². The maximum Gasteiger partial charge on any atom is 0.295 e. The molecule has 11 heteroatoms. The average molecular weight is 476 g/mol. The zero-order valence-electron chi connectivity index (χ0n) is 18.8. The first-order valence-corrected chi connectivity index (χ1v) is 10.9. The van der Waals surface area contributed by atoms with E-state index in [4.69, 9.17) is 4.74 Å². The maximum atomic E-state index is 13.5. The van der Waals surface area contributed by atoms with Crippen molar-refractivity contribution in [3.8, 4) is 11.6 Å². The standard InChI is InChI=1S/C24H21FN6O4/c1-35-18-13-27-22(31-14-16(25)11-28-31)20-19(18)17(12-26-20)21(32)24(34)30-9-7-29(8-10-30)23(33)15-5-3-2-4-6-15/h2-6,11-14,26H,7-10H2,1H3. The lowest BCUT2D eigenvalue weighted by Crippen LogP contribution is -2.52. The quantitative estimate of drug-likeness (QED) is 0.349. The molecule has 0 radical (unpaired) electrons. The Labute approximate surface area is 198 Å². The monoisotopic (exact) mass is 476 g/mol. The molecule has 5 rings (SSSR count). The van der Waals surface area contributed by atoms with Gasteiger partial charge in [-0.1, -0.05) is 18.2 Å². The molecule has 3 aromatic heterocycles. The van der Waals surface area contributed by atoms with Gasteiger partial charge in [0.25, 0.3) is 17.6 Å². The molecule has 4 aromatic rings. The summed E-state index contributed by atoms with van der Waals surface area (Å²) in [4.78, 5) is 49.3. The van der Waals surface area contributed by atoms with Crippen LogP contribution < -0.4 is 4.74 Å². The van der Waals surface area contributed by atoms with Crippen LogP contribution in [0.3, 0.4) is 0 Å². The third-order valence-corrected chi connectivity index (χ3v) is 5.96. The highest BCUT2D eigenvalue weighted by Gasteiger charge is 2.31. The van der Waals surface area contributed by atoms with E-state index in [1.165, 1.54) is 29.1 Å². The molecule has 178 valence electrons. The second-order valence-corrected chi connectivity index (χ2v) is 7.99. The fourth-order valence-corrected chi connectivity index (χ4v) is 4.16. The van der Waals surface area contributed by atoms with Crippen LogP contribution in [0.25, 0.3) is 16.7 Å². The Kier molecular flexibility index (Phi) is 5.73. The second-order valence-electron chi connectivity index (χ2n) is 7.99. The summed E-state index contributed by atoms with van der Waals surface area (Å²) < 4.78 is 20.1. The number of pyridine rings is 1. The molecule has 10 nitrogen and oxygen atoms in total. The van der Waals surface area contributed by atoms with Crippen LogP contribution in [0.15, 0.2) is 55.1 Å². The number of benzene rings is 1. The van der Waals surface area contributed by atoms with E-state index in [9.17, 15) is 18.8 Å². The number of nitrogens with one attached hydrogen (secondary N) is 1. The summed E-state index contributed by atoms with van der Waals surface area (Å²) in [5.41, 5.74) is 1.07. The average Bonchev–Trinajstić information content (AvgIpc) is 3.54. The Morgan fingerprint density at radius 3 is 2.40 bits per heavy atom. The number of H-pyrrole nitrogens is 1. The lowest BCUT2D eigenvalue weighted by atomic mass is 10.1. The van der Waals surface area contributed by atoms with Crippen LogP contribution in [0.2, 0.25) is 0 Å². The van der Waals surface area contributed by atoms with Crippen molar-refractivity contribution in [2.45, 2.75) is 0 Å². The minimum atomic E-state index is -0.721. The number of ketones is 1. The van der Waals surface area contributed by atoms with Crippen molar-refractivity contribution >= 4 is 28.5 Å². The predicted molar refractivity (Wildman–Crippen MR) is 123 cm³/mol. The van der Waals surface area contributed by atoms with Crippen LogP contribution in [-0.4, -0.2) is 80.4 Å². The zero-order valence-corrected chi connectivity index (χ0v) is 18.8. The molecule has 0 aliphatic carbocycles. The Bertz CT molecular complexity index is 1420. The third kappa shape index (κ3) is 4.01. The Morgan fingerprint density at radius 1 is 1.03 bits per heavy atom. The first-order chi connectivity index (χ1) is 17.0. The van der Waals surface area contributed by atoms with Crippen molar-refractivity contribution < 1.29 is 23.5 Å². The first kappa shape index (κ1) is 22.3. The summed E-state index contributed by atoms with van der Waals surface area (Å²) in [5.74, 6) is -1.51. The molecular weight excluding hydrogens is 455 g/mol. The van der Waals surface area contributed by atoms with Gasteiger partial charge in [-0.2, -0.15) is 5.10 Å². The van der Waals surface area contributed by atoms with Gasteiger partial charge in [-0.25, -0.2) is 14.1 Å². The summed E-state index contributed by atoms with van der Waals surface area (Å²) in [7, 11) is 1.43. The Hall–Kier alpha value is -4.54. The molecule has 0 atom stereocenters. The molecule has 0 spiro atoms. The summed E-state index contributed by atoms with van der Waals surface area (Å²) in [6.45, 7) is 1.12. The van der Waals surface area contributed by atoms with E-state index in [1.807, 2.05) is 6.07 Å². The largest absolute Gasteiger partial charge is 0.494 e. The fourth-order valence-electron chi connectivity index (χ4n) is 4.16. The number of carbonyl (C=O) groups excluding carboxylic acids is 3. The highest BCUT2D eigenvalue weighted by Crippen LogP contribution is 2.32. The van der Waals surface area contributed by atoms with Crippen LogP contribution >= 0.6 is 0 Å². The number of aromatic nitrogens is 4. The van der Waals surface area contributed by atoms with Gasteiger partial charge in [0.2, 0.25) is 0 Å². The molecule has 1 aromatic carbocycles. The molecular formula is C24H21FN6O4.